The van der Waals surface area contributed by atoms with E-state index in [4.69, 9.17) is 21.7 Å². The Bertz CT molecular complexity index is 732. The minimum absolute atomic E-state index is 0.0373. The van der Waals surface area contributed by atoms with Crippen molar-refractivity contribution in [3.8, 4) is 11.5 Å². The van der Waals surface area contributed by atoms with Crippen molar-refractivity contribution in [1.82, 2.24) is 4.90 Å². The summed E-state index contributed by atoms with van der Waals surface area (Å²) in [5.74, 6) is 0.0877. The number of ether oxygens (including phenoxy) is 2. The van der Waals surface area contributed by atoms with Gasteiger partial charge in [-0.25, -0.2) is 0 Å². The first-order valence-corrected chi connectivity index (χ1v) is 9.36. The van der Waals surface area contributed by atoms with Crippen molar-refractivity contribution in [3.05, 3.63) is 28.7 Å². The van der Waals surface area contributed by atoms with Crippen molar-refractivity contribution in [2.24, 2.45) is 0 Å². The van der Waals surface area contributed by atoms with E-state index in [-0.39, 0.29) is 12.3 Å². The lowest BCUT2D eigenvalue weighted by Crippen LogP contribution is -2.29. The maximum Gasteiger partial charge on any atom is 0.266 e. The van der Waals surface area contributed by atoms with Gasteiger partial charge in [-0.1, -0.05) is 30.4 Å². The molecule has 0 aromatic heterocycles. The number of carbonyl (C=O) groups excluding carboxylic acids is 2. The van der Waals surface area contributed by atoms with Gasteiger partial charge in [0.2, 0.25) is 0 Å². The van der Waals surface area contributed by atoms with E-state index in [9.17, 15) is 14.7 Å². The highest BCUT2D eigenvalue weighted by molar-refractivity contribution is 8.26. The lowest BCUT2D eigenvalue weighted by atomic mass is 10.1. The number of thiocarbonyl (C=S) groups is 1. The fraction of sp³-hybridized carbons (Fsp3) is 0.389. The van der Waals surface area contributed by atoms with Gasteiger partial charge in [0.1, 0.15) is 15.8 Å². The monoisotopic (exact) mass is 394 g/mol. The zero-order valence-corrected chi connectivity index (χ0v) is 16.3. The summed E-state index contributed by atoms with van der Waals surface area (Å²) in [7, 11) is 3.14. The molecule has 1 aromatic rings. The highest BCUT2D eigenvalue weighted by Gasteiger charge is 2.31. The summed E-state index contributed by atoms with van der Waals surface area (Å²) in [4.78, 5) is 25.1. The molecule has 1 amide bonds. The van der Waals surface area contributed by atoms with Gasteiger partial charge >= 0.3 is 0 Å². The van der Waals surface area contributed by atoms with Crippen molar-refractivity contribution in [1.29, 1.82) is 0 Å². The number of unbranched alkanes of at least 4 members (excludes halogenated alkanes) is 2. The van der Waals surface area contributed by atoms with E-state index in [1.807, 2.05) is 6.07 Å². The molecule has 0 atom stereocenters. The number of aliphatic carboxylic acids is 1. The Morgan fingerprint density at radius 1 is 1.27 bits per heavy atom. The van der Waals surface area contributed by atoms with E-state index >= 15 is 0 Å². The number of thioether (sulfide) groups is 1. The Labute approximate surface area is 162 Å². The Balaban J connectivity index is 2.03. The van der Waals surface area contributed by atoms with Crippen molar-refractivity contribution >= 4 is 46.3 Å². The Morgan fingerprint density at radius 3 is 2.69 bits per heavy atom. The molecule has 0 radical (unpaired) electrons. The third kappa shape index (κ3) is 5.22. The topological polar surface area (TPSA) is 78.9 Å². The number of rotatable bonds is 9. The average Bonchev–Trinajstić information content (AvgIpc) is 2.88. The van der Waals surface area contributed by atoms with Crippen LogP contribution < -0.4 is 14.6 Å². The third-order valence-electron chi connectivity index (χ3n) is 3.86. The number of carboxylic acids is 1. The van der Waals surface area contributed by atoms with Gasteiger partial charge in [0, 0.05) is 24.1 Å². The summed E-state index contributed by atoms with van der Waals surface area (Å²) in [5, 5.41) is 10.4. The average molecular weight is 394 g/mol. The normalized spacial score (nSPS) is 15.6. The van der Waals surface area contributed by atoms with Crippen LogP contribution in [0.4, 0.5) is 0 Å². The van der Waals surface area contributed by atoms with Gasteiger partial charge in [0.25, 0.3) is 5.91 Å². The van der Waals surface area contributed by atoms with Crippen LogP contribution in [0.15, 0.2) is 23.1 Å². The molecule has 1 aliphatic rings. The molecule has 6 nitrogen and oxygen atoms in total. The van der Waals surface area contributed by atoms with Gasteiger partial charge in [0.05, 0.1) is 19.1 Å². The van der Waals surface area contributed by atoms with Crippen LogP contribution in [-0.2, 0) is 9.59 Å². The molecule has 1 fully saturated rings. The standard InChI is InChI=1S/C18H21NO5S2/c1-23-13-8-7-12(14(11-13)24-2)10-15-17(22)19(18(25)26-15)9-5-3-4-6-16(20)21/h7-8,10-11H,3-6,9H2,1-2H3,(H,20,21)/p-1/b15-10+. The zero-order valence-electron chi connectivity index (χ0n) is 14.6. The van der Waals surface area contributed by atoms with Crippen molar-refractivity contribution in [3.63, 3.8) is 0 Å². The van der Waals surface area contributed by atoms with Crippen LogP contribution in [0.25, 0.3) is 6.08 Å². The number of carbonyl (C=O) groups is 2. The summed E-state index contributed by atoms with van der Waals surface area (Å²) in [6.45, 7) is 0.481. The number of benzene rings is 1. The van der Waals surface area contributed by atoms with Crippen LogP contribution in [-0.4, -0.2) is 41.9 Å². The molecule has 1 aromatic carbocycles. The van der Waals surface area contributed by atoms with E-state index in [0.29, 0.717) is 46.5 Å². The predicted octanol–water partition coefficient (Wildman–Crippen LogP) is 2.22. The van der Waals surface area contributed by atoms with E-state index in [1.165, 1.54) is 11.8 Å². The van der Waals surface area contributed by atoms with Crippen molar-refractivity contribution < 1.29 is 24.2 Å². The number of nitrogens with zero attached hydrogens (tertiary/aromatic N) is 1. The van der Waals surface area contributed by atoms with Gasteiger partial charge in [-0.3, -0.25) is 9.69 Å². The predicted molar refractivity (Wildman–Crippen MR) is 103 cm³/mol. The second-order valence-electron chi connectivity index (χ2n) is 5.62. The molecule has 140 valence electrons. The molecule has 0 bridgehead atoms. The van der Waals surface area contributed by atoms with Gasteiger partial charge in [-0.15, -0.1) is 0 Å². The Morgan fingerprint density at radius 2 is 2.04 bits per heavy atom. The van der Waals surface area contributed by atoms with E-state index in [0.717, 1.165) is 5.56 Å². The highest BCUT2D eigenvalue weighted by Crippen LogP contribution is 2.35. The van der Waals surface area contributed by atoms with Gasteiger partial charge < -0.3 is 19.4 Å². The molecule has 0 aliphatic carbocycles. The first kappa shape index (κ1) is 20.3. The molecule has 0 unspecified atom stereocenters. The van der Waals surface area contributed by atoms with Gasteiger partial charge in [-0.05, 0) is 37.5 Å². The fourth-order valence-electron chi connectivity index (χ4n) is 2.49. The zero-order chi connectivity index (χ0) is 19.1. The van der Waals surface area contributed by atoms with Gasteiger partial charge in [-0.2, -0.15) is 0 Å². The van der Waals surface area contributed by atoms with Crippen molar-refractivity contribution in [2.75, 3.05) is 20.8 Å². The first-order chi connectivity index (χ1) is 12.5. The summed E-state index contributed by atoms with van der Waals surface area (Å²) in [6, 6.07) is 5.38. The van der Waals surface area contributed by atoms with Crippen LogP contribution in [0.5, 0.6) is 11.5 Å². The molecule has 1 heterocycles. The second kappa shape index (κ2) is 9.59. The number of carboxylic acid groups (broad SMARTS) is 1. The highest BCUT2D eigenvalue weighted by atomic mass is 32.2. The van der Waals surface area contributed by atoms with Gasteiger partial charge in [0.15, 0.2) is 0 Å². The molecular formula is C18H20NO5S2-. The molecule has 0 saturated carbocycles. The number of methoxy groups -OCH3 is 2. The fourth-order valence-corrected chi connectivity index (χ4v) is 3.79. The van der Waals surface area contributed by atoms with E-state index < -0.39 is 5.97 Å². The molecule has 8 heteroatoms. The number of hydrogen-bond donors (Lipinski definition) is 0. The molecule has 1 aliphatic heterocycles. The smallest absolute Gasteiger partial charge is 0.266 e. The largest absolute Gasteiger partial charge is 0.550 e. The van der Waals surface area contributed by atoms with Crippen molar-refractivity contribution in [2.45, 2.75) is 25.7 Å². The Hall–Kier alpha value is -2.06. The summed E-state index contributed by atoms with van der Waals surface area (Å²) in [5.41, 5.74) is 0.766. The van der Waals surface area contributed by atoms with E-state index in [1.54, 1.807) is 37.3 Å². The lowest BCUT2D eigenvalue weighted by Gasteiger charge is -2.14. The quantitative estimate of drug-likeness (QED) is 0.361. The van der Waals surface area contributed by atoms with Crippen LogP contribution in [0.2, 0.25) is 0 Å². The summed E-state index contributed by atoms with van der Waals surface area (Å²) >= 11 is 6.56. The van der Waals surface area contributed by atoms with Crippen LogP contribution in [0.3, 0.4) is 0 Å². The number of amides is 1. The minimum atomic E-state index is -1.05. The van der Waals surface area contributed by atoms with Crippen LogP contribution >= 0.6 is 24.0 Å². The SMILES string of the molecule is COc1ccc(/C=C2/SC(=S)N(CCCCCC(=O)[O-])C2=O)c(OC)c1. The minimum Gasteiger partial charge on any atom is -0.550 e. The molecule has 26 heavy (non-hydrogen) atoms. The van der Waals surface area contributed by atoms with Crippen LogP contribution in [0.1, 0.15) is 31.2 Å². The van der Waals surface area contributed by atoms with Crippen LogP contribution in [0, 0.1) is 0 Å². The number of hydrogen-bond acceptors (Lipinski definition) is 7. The third-order valence-corrected chi connectivity index (χ3v) is 5.24. The first-order valence-electron chi connectivity index (χ1n) is 8.13. The summed E-state index contributed by atoms with van der Waals surface area (Å²) in [6.07, 6.45) is 3.73. The maximum absolute atomic E-state index is 12.6. The molecular weight excluding hydrogens is 374 g/mol. The maximum atomic E-state index is 12.6. The lowest BCUT2D eigenvalue weighted by molar-refractivity contribution is -0.305. The molecule has 1 saturated heterocycles. The molecule has 0 spiro atoms. The molecule has 0 N–H and O–H groups in total. The van der Waals surface area contributed by atoms with E-state index in [2.05, 4.69) is 0 Å². The second-order valence-corrected chi connectivity index (χ2v) is 7.30. The summed E-state index contributed by atoms with van der Waals surface area (Å²) < 4.78 is 11.0. The Kier molecular flexibility index (Phi) is 7.47. The molecule has 2 rings (SSSR count).